The molecule has 0 heterocycles. The van der Waals surface area contributed by atoms with E-state index >= 15 is 0 Å². The smallest absolute Gasteiger partial charge is 0.163 e. The molecule has 0 spiro atoms. The molecule has 0 aliphatic heterocycles. The molecule has 178 valence electrons. The lowest BCUT2D eigenvalue weighted by Gasteiger charge is -2.65. The van der Waals surface area contributed by atoms with E-state index in [9.17, 15) is 0 Å². The fraction of sp³-hybridized carbons (Fsp3) is 0.571. The van der Waals surface area contributed by atoms with Crippen LogP contribution in [0.3, 0.4) is 0 Å². The second kappa shape index (κ2) is 8.66. The molecule has 0 saturated heterocycles. The number of benzene rings is 2. The summed E-state index contributed by atoms with van der Waals surface area (Å²) in [5, 5.41) is 5.43. The van der Waals surface area contributed by atoms with Crippen molar-refractivity contribution < 1.29 is 9.47 Å². The maximum Gasteiger partial charge on any atom is 0.163 e. The number of rotatable bonds is 8. The van der Waals surface area contributed by atoms with Gasteiger partial charge in [0, 0.05) is 28.2 Å². The molecule has 4 saturated carbocycles. The van der Waals surface area contributed by atoms with Crippen LogP contribution in [0, 0.1) is 16.7 Å². The van der Waals surface area contributed by atoms with Crippen molar-refractivity contribution in [3.63, 3.8) is 0 Å². The Morgan fingerprint density at radius 2 is 1.58 bits per heavy atom. The number of hydrogen-bond donors (Lipinski definition) is 1. The van der Waals surface area contributed by atoms with Crippen LogP contribution in [-0.2, 0) is 13.2 Å². The monoisotopic (exact) mass is 487 g/mol. The van der Waals surface area contributed by atoms with Gasteiger partial charge in [-0.15, -0.1) is 0 Å². The first-order valence-corrected chi connectivity index (χ1v) is 13.0. The molecular weight excluding hydrogens is 453 g/mol. The number of nitrogens with one attached hydrogen (secondary N) is 1. The van der Waals surface area contributed by atoms with E-state index < -0.39 is 0 Å². The molecule has 1 N–H and O–H groups in total. The zero-order chi connectivity index (χ0) is 23.3. The lowest BCUT2D eigenvalue weighted by molar-refractivity contribution is -0.118. The minimum atomic E-state index is 0.238. The summed E-state index contributed by atoms with van der Waals surface area (Å²) in [5.41, 5.74) is 3.33. The normalized spacial score (nSPS) is 32.2. The minimum Gasteiger partial charge on any atom is -0.490 e. The highest BCUT2D eigenvalue weighted by atomic mass is 35.5. The Morgan fingerprint density at radius 3 is 2.21 bits per heavy atom. The summed E-state index contributed by atoms with van der Waals surface area (Å²) in [4.78, 5) is 0. The Morgan fingerprint density at radius 1 is 0.909 bits per heavy atom. The highest BCUT2D eigenvalue weighted by molar-refractivity contribution is 6.31. The van der Waals surface area contributed by atoms with Crippen molar-refractivity contribution in [2.24, 2.45) is 16.7 Å². The van der Waals surface area contributed by atoms with E-state index in [4.69, 9.17) is 32.7 Å². The summed E-state index contributed by atoms with van der Waals surface area (Å²) >= 11 is 12.7. The van der Waals surface area contributed by atoms with E-state index in [1.807, 2.05) is 37.3 Å². The van der Waals surface area contributed by atoms with E-state index in [1.165, 1.54) is 38.5 Å². The van der Waals surface area contributed by atoms with Gasteiger partial charge in [-0.3, -0.25) is 0 Å². The van der Waals surface area contributed by atoms with Crippen molar-refractivity contribution in [2.75, 3.05) is 6.61 Å². The predicted octanol–water partition coefficient (Wildman–Crippen LogP) is 7.81. The van der Waals surface area contributed by atoms with Crippen LogP contribution in [0.1, 0.15) is 70.4 Å². The van der Waals surface area contributed by atoms with E-state index in [0.29, 0.717) is 29.8 Å². The maximum atomic E-state index is 6.75. The molecule has 3 nitrogen and oxygen atoms in total. The Balaban J connectivity index is 1.31. The van der Waals surface area contributed by atoms with E-state index in [-0.39, 0.29) is 5.54 Å². The molecule has 2 aromatic carbocycles. The molecule has 6 rings (SSSR count). The van der Waals surface area contributed by atoms with Gasteiger partial charge in [0.1, 0.15) is 6.61 Å². The first kappa shape index (κ1) is 23.3. The van der Waals surface area contributed by atoms with Crippen LogP contribution in [0.15, 0.2) is 36.4 Å². The van der Waals surface area contributed by atoms with Gasteiger partial charge in [-0.2, -0.15) is 0 Å². The SMILES string of the molecule is CCOc1cc(CNC23CC4CC(C)(CC(C)(C4)C2)C3)c(Cl)cc1OCc1ccc(Cl)cc1. The van der Waals surface area contributed by atoms with Crippen LogP contribution in [-0.4, -0.2) is 12.1 Å². The van der Waals surface area contributed by atoms with E-state index in [0.717, 1.165) is 39.4 Å². The van der Waals surface area contributed by atoms with Crippen LogP contribution in [0.2, 0.25) is 10.0 Å². The third-order valence-electron chi connectivity index (χ3n) is 8.00. The summed E-state index contributed by atoms with van der Waals surface area (Å²) < 4.78 is 12.0. The largest absolute Gasteiger partial charge is 0.490 e. The van der Waals surface area contributed by atoms with Crippen LogP contribution in [0.5, 0.6) is 11.5 Å². The van der Waals surface area contributed by atoms with Crippen molar-refractivity contribution in [1.82, 2.24) is 5.32 Å². The first-order chi connectivity index (χ1) is 15.7. The van der Waals surface area contributed by atoms with Crippen LogP contribution in [0.4, 0.5) is 0 Å². The van der Waals surface area contributed by atoms with Gasteiger partial charge in [0.15, 0.2) is 11.5 Å². The summed E-state index contributed by atoms with van der Waals surface area (Å²) in [7, 11) is 0. The molecule has 2 unspecified atom stereocenters. The average Bonchev–Trinajstić information content (AvgIpc) is 2.71. The van der Waals surface area contributed by atoms with Gasteiger partial charge in [-0.25, -0.2) is 0 Å². The Labute approximate surface area is 208 Å². The van der Waals surface area contributed by atoms with Crippen LogP contribution in [0.25, 0.3) is 0 Å². The molecular formula is C28H35Cl2NO2. The lowest BCUT2D eigenvalue weighted by Crippen LogP contribution is -2.63. The summed E-state index contributed by atoms with van der Waals surface area (Å²) in [6.45, 7) is 8.79. The van der Waals surface area contributed by atoms with Gasteiger partial charge in [-0.1, -0.05) is 49.2 Å². The molecule has 4 fully saturated rings. The predicted molar refractivity (Wildman–Crippen MR) is 135 cm³/mol. The summed E-state index contributed by atoms with van der Waals surface area (Å²) in [6.07, 6.45) is 8.06. The van der Waals surface area contributed by atoms with Gasteiger partial charge >= 0.3 is 0 Å². The first-order valence-electron chi connectivity index (χ1n) is 12.3. The lowest BCUT2D eigenvalue weighted by atomic mass is 9.43. The minimum absolute atomic E-state index is 0.238. The Hall–Kier alpha value is -1.42. The summed E-state index contributed by atoms with van der Waals surface area (Å²) in [6, 6.07) is 11.6. The molecule has 0 amide bonds. The fourth-order valence-corrected chi connectivity index (χ4v) is 8.11. The number of halogens is 2. The van der Waals surface area contributed by atoms with Gasteiger partial charge in [0.2, 0.25) is 0 Å². The molecule has 2 aromatic rings. The van der Waals surface area contributed by atoms with Crippen molar-refractivity contribution >= 4 is 23.2 Å². The highest BCUT2D eigenvalue weighted by Gasteiger charge is 2.59. The third kappa shape index (κ3) is 4.88. The van der Waals surface area contributed by atoms with Crippen LogP contribution < -0.4 is 14.8 Å². The fourth-order valence-electron chi connectivity index (χ4n) is 7.76. The van der Waals surface area contributed by atoms with Gasteiger partial charge in [0.25, 0.3) is 0 Å². The second-order valence-electron chi connectivity index (χ2n) is 11.5. The van der Waals surface area contributed by atoms with Gasteiger partial charge in [-0.05, 0) is 91.5 Å². The van der Waals surface area contributed by atoms with Gasteiger partial charge in [0.05, 0.1) is 6.61 Å². The quantitative estimate of drug-likeness (QED) is 0.411. The molecule has 4 aliphatic rings. The third-order valence-corrected chi connectivity index (χ3v) is 8.60. The van der Waals surface area contributed by atoms with Crippen molar-refractivity contribution in [3.8, 4) is 11.5 Å². The average molecular weight is 488 g/mol. The molecule has 33 heavy (non-hydrogen) atoms. The second-order valence-corrected chi connectivity index (χ2v) is 12.3. The zero-order valence-corrected chi connectivity index (χ0v) is 21.5. The standard InChI is InChI=1S/C28H35Cl2NO2/c1-4-32-24-9-21(23(30)10-25(24)33-15-19-5-7-22(29)8-6-19)14-31-28-13-20-11-26(2,17-28)16-27(3,12-20)18-28/h5-10,20,31H,4,11-18H2,1-3H3. The number of hydrogen-bond acceptors (Lipinski definition) is 3. The molecule has 2 atom stereocenters. The Kier molecular flexibility index (Phi) is 6.12. The number of ether oxygens (including phenoxy) is 2. The summed E-state index contributed by atoms with van der Waals surface area (Å²) in [5.74, 6) is 2.29. The topological polar surface area (TPSA) is 30.5 Å². The highest BCUT2D eigenvalue weighted by Crippen LogP contribution is 2.66. The van der Waals surface area contributed by atoms with Crippen molar-refractivity contribution in [1.29, 1.82) is 0 Å². The van der Waals surface area contributed by atoms with E-state index in [1.54, 1.807) is 0 Å². The molecule has 4 aliphatic carbocycles. The Bertz CT molecular complexity index is 1000. The van der Waals surface area contributed by atoms with Crippen LogP contribution >= 0.6 is 23.2 Å². The van der Waals surface area contributed by atoms with Crippen molar-refractivity contribution in [2.45, 2.75) is 78.0 Å². The van der Waals surface area contributed by atoms with Crippen molar-refractivity contribution in [3.05, 3.63) is 57.6 Å². The molecule has 0 radical (unpaired) electrons. The van der Waals surface area contributed by atoms with E-state index in [2.05, 4.69) is 25.2 Å². The molecule has 4 bridgehead atoms. The maximum absolute atomic E-state index is 6.75. The zero-order valence-electron chi connectivity index (χ0n) is 20.0. The molecule has 0 aromatic heterocycles. The van der Waals surface area contributed by atoms with Gasteiger partial charge < -0.3 is 14.8 Å². The molecule has 5 heteroatoms.